The van der Waals surface area contributed by atoms with Crippen LogP contribution in [0.3, 0.4) is 0 Å². The molecule has 0 atom stereocenters. The van der Waals surface area contributed by atoms with Crippen molar-refractivity contribution in [3.05, 3.63) is 29.8 Å². The van der Waals surface area contributed by atoms with Gasteiger partial charge in [-0.05, 0) is 32.9 Å². The third-order valence-electron chi connectivity index (χ3n) is 2.01. The Morgan fingerprint density at radius 3 is 2.53 bits per heavy atom. The summed E-state index contributed by atoms with van der Waals surface area (Å²) in [6, 6.07) is 7.13. The van der Waals surface area contributed by atoms with E-state index in [1.165, 1.54) is 20.8 Å². The molecule has 0 unspecified atom stereocenters. The van der Waals surface area contributed by atoms with Crippen LogP contribution in [0.2, 0.25) is 0 Å². The van der Waals surface area contributed by atoms with Gasteiger partial charge in [0, 0.05) is 17.8 Å². The minimum Gasteiger partial charge on any atom is -0.381 e. The van der Waals surface area contributed by atoms with Gasteiger partial charge in [-0.2, -0.15) is 0 Å². The Labute approximate surface area is 89.5 Å². The number of alkyl halides is 1. The van der Waals surface area contributed by atoms with Crippen molar-refractivity contribution in [3.63, 3.8) is 0 Å². The van der Waals surface area contributed by atoms with Crippen molar-refractivity contribution in [2.24, 2.45) is 0 Å². The largest absolute Gasteiger partial charge is 0.381 e. The summed E-state index contributed by atoms with van der Waals surface area (Å²) in [5.41, 5.74) is 0.00153. The maximum Gasteiger partial charge on any atom is 0.161 e. The molecule has 0 fully saturated rings. The third-order valence-corrected chi connectivity index (χ3v) is 2.01. The van der Waals surface area contributed by atoms with Gasteiger partial charge >= 0.3 is 0 Å². The maximum atomic E-state index is 13.3. The molecule has 0 amide bonds. The van der Waals surface area contributed by atoms with Crippen LogP contribution in [0.5, 0.6) is 0 Å². The number of nitrogens with one attached hydrogen (secondary N) is 1. The lowest BCUT2D eigenvalue weighted by molar-refractivity contribution is 0.101. The molecule has 0 saturated heterocycles. The highest BCUT2D eigenvalue weighted by atomic mass is 19.1. The van der Waals surface area contributed by atoms with Crippen molar-refractivity contribution in [3.8, 4) is 0 Å². The van der Waals surface area contributed by atoms with Crippen LogP contribution < -0.4 is 5.32 Å². The molecule has 0 spiro atoms. The van der Waals surface area contributed by atoms with Crippen LogP contribution >= 0.6 is 0 Å². The van der Waals surface area contributed by atoms with E-state index in [4.69, 9.17) is 0 Å². The van der Waals surface area contributed by atoms with Gasteiger partial charge in [0.2, 0.25) is 0 Å². The van der Waals surface area contributed by atoms with E-state index in [2.05, 4.69) is 5.32 Å². The van der Waals surface area contributed by atoms with Gasteiger partial charge in [0.05, 0.1) is 0 Å². The van der Waals surface area contributed by atoms with E-state index in [0.717, 1.165) is 0 Å². The van der Waals surface area contributed by atoms with Crippen LogP contribution in [-0.2, 0) is 0 Å². The SMILES string of the molecule is CC(=O)c1ccccc1NCC(C)(C)F. The summed E-state index contributed by atoms with van der Waals surface area (Å²) in [7, 11) is 0. The van der Waals surface area contributed by atoms with Crippen LogP contribution in [-0.4, -0.2) is 18.0 Å². The predicted octanol–water partition coefficient (Wildman–Crippen LogP) is 3.05. The van der Waals surface area contributed by atoms with E-state index >= 15 is 0 Å². The number of hydrogen-bond donors (Lipinski definition) is 1. The number of carbonyl (C=O) groups is 1. The summed E-state index contributed by atoms with van der Waals surface area (Å²) in [5.74, 6) is -0.0187. The number of carbonyl (C=O) groups excluding carboxylic acids is 1. The molecule has 15 heavy (non-hydrogen) atoms. The molecular weight excluding hydrogens is 193 g/mol. The highest BCUT2D eigenvalue weighted by Crippen LogP contribution is 2.17. The minimum absolute atomic E-state index is 0.0187. The van der Waals surface area contributed by atoms with E-state index in [-0.39, 0.29) is 12.3 Å². The van der Waals surface area contributed by atoms with Crippen LogP contribution in [0.25, 0.3) is 0 Å². The van der Waals surface area contributed by atoms with E-state index in [1.807, 2.05) is 6.07 Å². The molecule has 1 aromatic rings. The van der Waals surface area contributed by atoms with E-state index in [0.29, 0.717) is 11.3 Å². The molecule has 0 saturated carbocycles. The number of benzene rings is 1. The first-order valence-corrected chi connectivity index (χ1v) is 4.93. The molecule has 0 radical (unpaired) electrons. The summed E-state index contributed by atoms with van der Waals surface area (Å²) in [6.45, 7) is 4.69. The Balaban J connectivity index is 2.81. The molecule has 3 heteroatoms. The third kappa shape index (κ3) is 3.70. The monoisotopic (exact) mass is 209 g/mol. The van der Waals surface area contributed by atoms with Gasteiger partial charge in [-0.1, -0.05) is 12.1 Å². The van der Waals surface area contributed by atoms with Crippen molar-refractivity contribution in [1.29, 1.82) is 0 Å². The zero-order valence-corrected chi connectivity index (χ0v) is 9.30. The highest BCUT2D eigenvalue weighted by molar-refractivity contribution is 5.99. The first kappa shape index (κ1) is 11.7. The second-order valence-corrected chi connectivity index (χ2v) is 4.17. The van der Waals surface area contributed by atoms with Gasteiger partial charge in [-0.3, -0.25) is 4.79 Å². The van der Waals surface area contributed by atoms with Crippen LogP contribution in [0.4, 0.5) is 10.1 Å². The number of ketones is 1. The van der Waals surface area contributed by atoms with Crippen molar-refractivity contribution < 1.29 is 9.18 Å². The molecule has 1 rings (SSSR count). The minimum atomic E-state index is -1.29. The standard InChI is InChI=1S/C12H16FNO/c1-9(15)10-6-4-5-7-11(10)14-8-12(2,3)13/h4-7,14H,8H2,1-3H3. The molecule has 0 bridgehead atoms. The fourth-order valence-corrected chi connectivity index (χ4v) is 1.25. The molecule has 0 aliphatic carbocycles. The van der Waals surface area contributed by atoms with Gasteiger partial charge in [-0.15, -0.1) is 0 Å². The number of hydrogen-bond acceptors (Lipinski definition) is 2. The first-order chi connectivity index (χ1) is 6.90. The summed E-state index contributed by atoms with van der Waals surface area (Å²) in [4.78, 5) is 11.3. The van der Waals surface area contributed by atoms with Crippen molar-refractivity contribution in [1.82, 2.24) is 0 Å². The van der Waals surface area contributed by atoms with E-state index < -0.39 is 5.67 Å². The number of rotatable bonds is 4. The Hall–Kier alpha value is -1.38. The second kappa shape index (κ2) is 4.43. The predicted molar refractivity (Wildman–Crippen MR) is 60.1 cm³/mol. The summed E-state index contributed by atoms with van der Waals surface area (Å²) in [5, 5.41) is 2.94. The Bertz CT molecular complexity index is 355. The Morgan fingerprint density at radius 1 is 1.40 bits per heavy atom. The molecule has 1 N–H and O–H groups in total. The second-order valence-electron chi connectivity index (χ2n) is 4.17. The molecule has 82 valence electrons. The van der Waals surface area contributed by atoms with Crippen LogP contribution in [0.15, 0.2) is 24.3 Å². The average molecular weight is 209 g/mol. The molecule has 0 aromatic heterocycles. The fraction of sp³-hybridized carbons (Fsp3) is 0.417. The Kier molecular flexibility index (Phi) is 3.45. The van der Waals surface area contributed by atoms with Crippen molar-refractivity contribution in [2.45, 2.75) is 26.4 Å². The van der Waals surface area contributed by atoms with Gasteiger partial charge in [0.1, 0.15) is 5.67 Å². The normalized spacial score (nSPS) is 11.2. The first-order valence-electron chi connectivity index (χ1n) is 4.93. The van der Waals surface area contributed by atoms with E-state index in [9.17, 15) is 9.18 Å². The molecule has 1 aromatic carbocycles. The lowest BCUT2D eigenvalue weighted by Crippen LogP contribution is -2.25. The number of anilines is 1. The van der Waals surface area contributed by atoms with Gasteiger partial charge < -0.3 is 5.32 Å². The van der Waals surface area contributed by atoms with Crippen LogP contribution in [0.1, 0.15) is 31.1 Å². The number of para-hydroxylation sites is 1. The number of halogens is 1. The summed E-state index contributed by atoms with van der Waals surface area (Å²) >= 11 is 0. The highest BCUT2D eigenvalue weighted by Gasteiger charge is 2.15. The van der Waals surface area contributed by atoms with Crippen LogP contribution in [0, 0.1) is 0 Å². The number of Topliss-reactive ketones (excluding diaryl/α,β-unsaturated/α-hetero) is 1. The molecule has 0 aliphatic rings. The fourth-order valence-electron chi connectivity index (χ4n) is 1.25. The Morgan fingerprint density at radius 2 is 2.00 bits per heavy atom. The van der Waals surface area contributed by atoms with Gasteiger partial charge in [-0.25, -0.2) is 4.39 Å². The summed E-state index contributed by atoms with van der Waals surface area (Å²) in [6.07, 6.45) is 0. The lowest BCUT2D eigenvalue weighted by Gasteiger charge is -2.17. The quantitative estimate of drug-likeness (QED) is 0.772. The maximum absolute atomic E-state index is 13.3. The van der Waals surface area contributed by atoms with Gasteiger partial charge in [0.25, 0.3) is 0 Å². The zero-order valence-electron chi connectivity index (χ0n) is 9.30. The van der Waals surface area contributed by atoms with Crippen molar-refractivity contribution in [2.75, 3.05) is 11.9 Å². The lowest BCUT2D eigenvalue weighted by atomic mass is 10.1. The zero-order chi connectivity index (χ0) is 11.5. The molecular formula is C12H16FNO. The van der Waals surface area contributed by atoms with Crippen molar-refractivity contribution >= 4 is 11.5 Å². The van der Waals surface area contributed by atoms with E-state index in [1.54, 1.807) is 18.2 Å². The summed E-state index contributed by atoms with van der Waals surface area (Å²) < 4.78 is 13.3. The molecule has 2 nitrogen and oxygen atoms in total. The smallest absolute Gasteiger partial charge is 0.161 e. The average Bonchev–Trinajstić information content (AvgIpc) is 2.14. The van der Waals surface area contributed by atoms with Gasteiger partial charge in [0.15, 0.2) is 5.78 Å². The molecule has 0 heterocycles. The topological polar surface area (TPSA) is 29.1 Å². The molecule has 0 aliphatic heterocycles.